The number of pyridine rings is 2. The molecule has 354 valence electrons. The van der Waals surface area contributed by atoms with Crippen LogP contribution in [-0.4, -0.2) is 82.4 Å². The molecule has 5 aromatic rings. The van der Waals surface area contributed by atoms with Crippen LogP contribution in [0.5, 0.6) is 17.4 Å². The summed E-state index contributed by atoms with van der Waals surface area (Å²) in [6, 6.07) is 18.1. The summed E-state index contributed by atoms with van der Waals surface area (Å²) in [7, 11) is 3.02. The molecule has 2 bridgehead atoms. The lowest BCUT2D eigenvalue weighted by Crippen LogP contribution is -2.65. The van der Waals surface area contributed by atoms with Gasteiger partial charge in [0.15, 0.2) is 5.82 Å². The highest BCUT2D eigenvalue weighted by Crippen LogP contribution is 2.48. The fourth-order valence-electron chi connectivity index (χ4n) is 9.34. The first-order valence-corrected chi connectivity index (χ1v) is 22.5. The third-order valence-electron chi connectivity index (χ3n) is 12.3. The van der Waals surface area contributed by atoms with Gasteiger partial charge in [-0.05, 0) is 123 Å². The van der Waals surface area contributed by atoms with Gasteiger partial charge >= 0.3 is 12.3 Å². The minimum absolute atomic E-state index is 0.0125. The molecule has 12 nitrogen and oxygen atoms in total. The second-order valence-electron chi connectivity index (χ2n) is 17.9. The zero-order valence-electron chi connectivity index (χ0n) is 37.9. The molecule has 67 heavy (non-hydrogen) atoms. The van der Waals surface area contributed by atoms with Crippen LogP contribution < -0.4 is 24.4 Å². The van der Waals surface area contributed by atoms with Gasteiger partial charge in [-0.1, -0.05) is 30.3 Å². The molecule has 0 saturated carbocycles. The van der Waals surface area contributed by atoms with Gasteiger partial charge in [-0.2, -0.15) is 13.2 Å². The van der Waals surface area contributed by atoms with E-state index in [1.165, 1.54) is 14.2 Å². The highest BCUT2D eigenvalue weighted by molar-refractivity contribution is 9.10. The number of hydrogen-bond acceptors (Lipinski definition) is 10. The van der Waals surface area contributed by atoms with Crippen molar-refractivity contribution in [2.24, 2.45) is 0 Å². The summed E-state index contributed by atoms with van der Waals surface area (Å²) in [5.41, 5.74) is -4.00. The lowest BCUT2D eigenvalue weighted by atomic mass is 9.94. The number of carbonyl (C=O) groups excluding carboxylic acids is 2. The van der Waals surface area contributed by atoms with E-state index >= 15 is 26.7 Å². The van der Waals surface area contributed by atoms with Crippen molar-refractivity contribution in [1.82, 2.24) is 19.8 Å². The average Bonchev–Trinajstić information content (AvgIpc) is 3.53. The number of hydrogen-bond donors (Lipinski definition) is 1. The number of fused-ring (bicyclic) bond motifs is 5. The molecule has 3 aliphatic rings. The lowest BCUT2D eigenvalue weighted by Gasteiger charge is -2.47. The van der Waals surface area contributed by atoms with E-state index in [0.29, 0.717) is 45.8 Å². The summed E-state index contributed by atoms with van der Waals surface area (Å²) in [5.74, 6) is -2.47. The van der Waals surface area contributed by atoms with Crippen LogP contribution in [0.3, 0.4) is 0 Å². The summed E-state index contributed by atoms with van der Waals surface area (Å²) in [6.45, 7) is 7.84. The highest BCUT2D eigenvalue weighted by atomic mass is 79.9. The number of alkyl halides is 3. The molecule has 0 aliphatic carbocycles. The molecule has 2 saturated heterocycles. The van der Waals surface area contributed by atoms with E-state index in [9.17, 15) is 4.79 Å². The molecule has 0 radical (unpaired) electrons. The minimum atomic E-state index is -5.21. The largest absolute Gasteiger partial charge is 0.497 e. The number of benzene rings is 3. The Balaban J connectivity index is 1.30. The standard InChI is InChI=1S/C49H50BrF5N6O6/c1-26-39(49(53,54)55)34(21-36(40(26)51)59(23-28-11-16-32(64-6)17-12-28)24-29-13-18-33(65-7)19-14-29)42-41(52)43(56-22-30-9-8-10-37(50)57-30)38-45(58-42)66-27(2)44-35-20-15-31(25-60(44)46(38)62)61(35)47(63)67-48(3,4)5/h8-14,16-19,21,27,31,35,44H,15,20,22-25H2,1-7H3,(H,56,58)/t27-,31+,35-,44+/m0/s1. The summed E-state index contributed by atoms with van der Waals surface area (Å²) < 4.78 is 105. The van der Waals surface area contributed by atoms with E-state index in [4.69, 9.17) is 18.9 Å². The maximum Gasteiger partial charge on any atom is 0.417 e. The van der Waals surface area contributed by atoms with E-state index in [2.05, 4.69) is 31.2 Å². The number of carbonyl (C=O) groups is 2. The number of ether oxygens (including phenoxy) is 4. The van der Waals surface area contributed by atoms with Gasteiger partial charge in [-0.15, -0.1) is 0 Å². The van der Waals surface area contributed by atoms with Gasteiger partial charge in [-0.3, -0.25) is 9.69 Å². The quantitative estimate of drug-likeness (QED) is 0.101. The van der Waals surface area contributed by atoms with E-state index in [1.54, 1.807) is 109 Å². The Morgan fingerprint density at radius 2 is 1.55 bits per heavy atom. The first-order chi connectivity index (χ1) is 31.8. The third kappa shape index (κ3) is 9.54. The molecule has 0 unspecified atom stereocenters. The van der Waals surface area contributed by atoms with E-state index in [0.717, 1.165) is 13.0 Å². The Kier molecular flexibility index (Phi) is 13.1. The van der Waals surface area contributed by atoms with Crippen molar-refractivity contribution in [2.75, 3.05) is 31.0 Å². The Morgan fingerprint density at radius 3 is 2.12 bits per heavy atom. The zero-order valence-corrected chi connectivity index (χ0v) is 39.5. The molecule has 18 heteroatoms. The summed E-state index contributed by atoms with van der Waals surface area (Å²) >= 11 is 3.34. The number of rotatable bonds is 11. The van der Waals surface area contributed by atoms with Crippen molar-refractivity contribution in [3.8, 4) is 28.6 Å². The number of piperazine rings is 1. The predicted octanol–water partition coefficient (Wildman–Crippen LogP) is 10.7. The molecule has 2 fully saturated rings. The number of methoxy groups -OCH3 is 2. The second-order valence-corrected chi connectivity index (χ2v) is 18.7. The lowest BCUT2D eigenvalue weighted by molar-refractivity contribution is -0.137. The van der Waals surface area contributed by atoms with Gasteiger partial charge < -0.3 is 34.1 Å². The smallest absolute Gasteiger partial charge is 0.417 e. The Morgan fingerprint density at radius 1 is 0.925 bits per heavy atom. The molecular weight excluding hydrogens is 943 g/mol. The summed E-state index contributed by atoms with van der Waals surface area (Å²) in [6.07, 6.45) is -5.59. The van der Waals surface area contributed by atoms with Crippen molar-refractivity contribution in [3.05, 3.63) is 123 Å². The molecule has 8 rings (SSSR count). The first-order valence-electron chi connectivity index (χ1n) is 21.8. The summed E-state index contributed by atoms with van der Waals surface area (Å²) in [4.78, 5) is 42.3. The van der Waals surface area contributed by atoms with Crippen LogP contribution in [0.2, 0.25) is 0 Å². The predicted molar refractivity (Wildman–Crippen MR) is 244 cm³/mol. The van der Waals surface area contributed by atoms with Crippen LogP contribution in [0.25, 0.3) is 11.3 Å². The first kappa shape index (κ1) is 47.3. The van der Waals surface area contributed by atoms with Crippen LogP contribution in [-0.2, 0) is 30.5 Å². The SMILES string of the molecule is COc1ccc(CN(Cc2ccc(OC)cc2)c2cc(-c3nc4c(c(NCc5cccc(Br)n5)c3F)C(=O)N3C[C@H]5CC[C@@H]([C@H]3[C@H](C)O4)N5C(=O)OC(C)(C)C)c(C(F)(F)F)c(C)c2F)cc1. The normalized spacial score (nSPS) is 19.0. The second kappa shape index (κ2) is 18.5. The maximum atomic E-state index is 17.9. The maximum absolute atomic E-state index is 17.9. The molecule has 2 amide bonds. The number of halogens is 6. The molecule has 4 atom stereocenters. The van der Waals surface area contributed by atoms with Crippen molar-refractivity contribution in [2.45, 2.75) is 103 Å². The van der Waals surface area contributed by atoms with Crippen molar-refractivity contribution in [1.29, 1.82) is 0 Å². The van der Waals surface area contributed by atoms with Crippen LogP contribution in [0.15, 0.2) is 77.4 Å². The minimum Gasteiger partial charge on any atom is -0.497 e. The number of nitrogens with one attached hydrogen (secondary N) is 1. The summed E-state index contributed by atoms with van der Waals surface area (Å²) in [5, 5.41) is 2.96. The monoisotopic (exact) mass is 992 g/mol. The van der Waals surface area contributed by atoms with Crippen LogP contribution >= 0.6 is 15.9 Å². The molecule has 1 N–H and O–H groups in total. The van der Waals surface area contributed by atoms with Gasteiger partial charge in [0.05, 0.1) is 61.5 Å². The molecule has 3 aromatic carbocycles. The number of anilines is 2. The van der Waals surface area contributed by atoms with Crippen LogP contribution in [0.1, 0.15) is 78.8 Å². The van der Waals surface area contributed by atoms with Crippen molar-refractivity contribution < 1.29 is 50.5 Å². The van der Waals surface area contributed by atoms with E-state index in [-0.39, 0.29) is 37.4 Å². The fourth-order valence-corrected chi connectivity index (χ4v) is 9.72. The van der Waals surface area contributed by atoms with Crippen molar-refractivity contribution in [3.63, 3.8) is 0 Å². The molecule has 0 spiro atoms. The fraction of sp³-hybridized carbons (Fsp3) is 0.388. The van der Waals surface area contributed by atoms with Crippen LogP contribution in [0, 0.1) is 18.6 Å². The van der Waals surface area contributed by atoms with Crippen LogP contribution in [0.4, 0.5) is 38.1 Å². The average molecular weight is 994 g/mol. The molecule has 5 heterocycles. The third-order valence-corrected chi connectivity index (χ3v) is 12.8. The van der Waals surface area contributed by atoms with Gasteiger partial charge in [0.25, 0.3) is 5.91 Å². The Bertz CT molecular complexity index is 2630. The number of amides is 2. The van der Waals surface area contributed by atoms with E-state index < -0.39 is 93.6 Å². The Labute approximate surface area is 393 Å². The van der Waals surface area contributed by atoms with E-state index in [1.807, 2.05) is 0 Å². The Hall–Kier alpha value is -6.17. The van der Waals surface area contributed by atoms with Gasteiger partial charge in [0.1, 0.15) is 44.9 Å². The number of nitrogens with zero attached hydrogens (tertiary/aromatic N) is 5. The molecule has 2 aromatic heterocycles. The molecular formula is C49H50BrF5N6O6. The van der Waals surface area contributed by atoms with Gasteiger partial charge in [0.2, 0.25) is 5.88 Å². The highest BCUT2D eigenvalue weighted by Gasteiger charge is 2.55. The number of aromatic nitrogens is 2. The topological polar surface area (TPSA) is 119 Å². The zero-order chi connectivity index (χ0) is 48.1. The van der Waals surface area contributed by atoms with Crippen molar-refractivity contribution >= 4 is 39.3 Å². The van der Waals surface area contributed by atoms with Gasteiger partial charge in [0, 0.05) is 25.2 Å². The molecule has 3 aliphatic heterocycles. The van der Waals surface area contributed by atoms with Gasteiger partial charge in [-0.25, -0.2) is 23.5 Å².